The zero-order valence-electron chi connectivity index (χ0n) is 11.8. The van der Waals surface area contributed by atoms with E-state index >= 15 is 0 Å². The van der Waals surface area contributed by atoms with Gasteiger partial charge in [0.1, 0.15) is 0 Å². The Balaban J connectivity index is 1.64. The smallest absolute Gasteiger partial charge is 0.251 e. The van der Waals surface area contributed by atoms with Crippen LogP contribution in [0.5, 0.6) is 0 Å². The summed E-state index contributed by atoms with van der Waals surface area (Å²) in [6.45, 7) is 0.472. The summed E-state index contributed by atoms with van der Waals surface area (Å²) in [4.78, 5) is 13.3. The van der Waals surface area contributed by atoms with Crippen molar-refractivity contribution in [1.82, 2.24) is 10.0 Å². The van der Waals surface area contributed by atoms with Gasteiger partial charge in [0.15, 0.2) is 0 Å². The van der Waals surface area contributed by atoms with Gasteiger partial charge in [-0.25, -0.2) is 13.1 Å². The molecular weight excluding hydrogens is 320 g/mol. The number of hydrogen-bond donors (Lipinski definition) is 2. The molecule has 5 nitrogen and oxygen atoms in total. The van der Waals surface area contributed by atoms with Gasteiger partial charge < -0.3 is 5.32 Å². The molecule has 0 radical (unpaired) electrons. The highest BCUT2D eigenvalue weighted by molar-refractivity contribution is 7.89. The third-order valence-electron chi connectivity index (χ3n) is 3.33. The van der Waals surface area contributed by atoms with E-state index in [-0.39, 0.29) is 16.8 Å². The highest BCUT2D eigenvalue weighted by Gasteiger charge is 2.27. The molecule has 1 amide bonds. The molecule has 0 spiro atoms. The predicted molar refractivity (Wildman–Crippen MR) is 85.3 cm³/mol. The van der Waals surface area contributed by atoms with Crippen LogP contribution in [0.4, 0.5) is 0 Å². The van der Waals surface area contributed by atoms with Crippen molar-refractivity contribution in [3.05, 3.63) is 52.2 Å². The molecule has 116 valence electrons. The van der Waals surface area contributed by atoms with Crippen LogP contribution in [-0.2, 0) is 16.6 Å². The van der Waals surface area contributed by atoms with Gasteiger partial charge in [-0.05, 0) is 48.6 Å². The minimum atomic E-state index is -3.47. The summed E-state index contributed by atoms with van der Waals surface area (Å²) < 4.78 is 26.7. The highest BCUT2D eigenvalue weighted by Crippen LogP contribution is 2.22. The first-order valence-corrected chi connectivity index (χ1v) is 9.34. The Morgan fingerprint density at radius 2 is 1.91 bits per heavy atom. The lowest BCUT2D eigenvalue weighted by molar-refractivity contribution is 0.0951. The maximum absolute atomic E-state index is 12.0. The molecule has 1 aromatic carbocycles. The number of amides is 1. The summed E-state index contributed by atoms with van der Waals surface area (Å²) in [5, 5.41) is 4.76. The second-order valence-electron chi connectivity index (χ2n) is 5.18. The van der Waals surface area contributed by atoms with Crippen LogP contribution < -0.4 is 10.0 Å². The summed E-state index contributed by atoms with van der Waals surface area (Å²) in [5.41, 5.74) is 0.446. The van der Waals surface area contributed by atoms with Crippen LogP contribution in [0, 0.1) is 0 Å². The van der Waals surface area contributed by atoms with Crippen molar-refractivity contribution in [2.45, 2.75) is 30.3 Å². The Morgan fingerprint density at radius 1 is 1.18 bits per heavy atom. The second-order valence-corrected chi connectivity index (χ2v) is 7.93. The van der Waals surface area contributed by atoms with E-state index in [1.807, 2.05) is 17.5 Å². The van der Waals surface area contributed by atoms with E-state index in [0.29, 0.717) is 12.1 Å². The van der Waals surface area contributed by atoms with Crippen molar-refractivity contribution < 1.29 is 13.2 Å². The molecule has 1 heterocycles. The lowest BCUT2D eigenvalue weighted by Crippen LogP contribution is -2.26. The number of hydrogen-bond acceptors (Lipinski definition) is 4. The van der Waals surface area contributed by atoms with Gasteiger partial charge in [0.05, 0.1) is 11.4 Å². The molecule has 1 fully saturated rings. The third kappa shape index (κ3) is 3.73. The predicted octanol–water partition coefficient (Wildman–Crippen LogP) is 2.12. The van der Waals surface area contributed by atoms with Gasteiger partial charge in [-0.2, -0.15) is 0 Å². The number of carbonyl (C=O) groups excluding carboxylic acids is 1. The average molecular weight is 336 g/mol. The maximum Gasteiger partial charge on any atom is 0.251 e. The molecule has 0 aliphatic heterocycles. The van der Waals surface area contributed by atoms with Gasteiger partial charge in [0.25, 0.3) is 5.91 Å². The molecule has 1 aromatic heterocycles. The van der Waals surface area contributed by atoms with Crippen molar-refractivity contribution >= 4 is 27.3 Å². The van der Waals surface area contributed by atoms with E-state index in [1.54, 1.807) is 11.3 Å². The fourth-order valence-electron chi connectivity index (χ4n) is 1.96. The topological polar surface area (TPSA) is 75.3 Å². The van der Waals surface area contributed by atoms with Gasteiger partial charge in [0.2, 0.25) is 10.0 Å². The number of benzene rings is 1. The standard InChI is InChI=1S/C15H16N2O3S2/c18-15(16-10-13-2-1-9-21-13)11-3-7-14(8-4-11)22(19,20)17-12-5-6-12/h1-4,7-9,12,17H,5-6,10H2,(H,16,18). The quantitative estimate of drug-likeness (QED) is 0.848. The van der Waals surface area contributed by atoms with E-state index in [0.717, 1.165) is 17.7 Å². The van der Waals surface area contributed by atoms with Crippen LogP contribution in [0.3, 0.4) is 0 Å². The van der Waals surface area contributed by atoms with Crippen molar-refractivity contribution in [2.75, 3.05) is 0 Å². The van der Waals surface area contributed by atoms with Crippen LogP contribution in [0.2, 0.25) is 0 Å². The monoisotopic (exact) mass is 336 g/mol. The van der Waals surface area contributed by atoms with Crippen LogP contribution >= 0.6 is 11.3 Å². The van der Waals surface area contributed by atoms with E-state index < -0.39 is 10.0 Å². The largest absolute Gasteiger partial charge is 0.347 e. The third-order valence-corrected chi connectivity index (χ3v) is 5.74. The first-order chi connectivity index (χ1) is 10.5. The summed E-state index contributed by atoms with van der Waals surface area (Å²) in [5.74, 6) is -0.215. The zero-order valence-corrected chi connectivity index (χ0v) is 13.4. The van der Waals surface area contributed by atoms with Crippen molar-refractivity contribution in [2.24, 2.45) is 0 Å². The van der Waals surface area contributed by atoms with Gasteiger partial charge in [-0.15, -0.1) is 11.3 Å². The molecule has 1 aliphatic rings. The number of carbonyl (C=O) groups is 1. The summed E-state index contributed by atoms with van der Waals surface area (Å²) in [6.07, 6.45) is 1.78. The highest BCUT2D eigenvalue weighted by atomic mass is 32.2. The zero-order chi connectivity index (χ0) is 15.6. The Hall–Kier alpha value is -1.70. The van der Waals surface area contributed by atoms with Crippen molar-refractivity contribution in [3.63, 3.8) is 0 Å². The molecule has 0 unspecified atom stereocenters. The average Bonchev–Trinajstić information content (AvgIpc) is 3.15. The Morgan fingerprint density at radius 3 is 2.50 bits per heavy atom. The molecule has 1 saturated carbocycles. The maximum atomic E-state index is 12.0. The van der Waals surface area contributed by atoms with E-state index in [2.05, 4.69) is 10.0 Å². The molecule has 2 aromatic rings. The minimum absolute atomic E-state index is 0.0683. The van der Waals surface area contributed by atoms with Gasteiger partial charge in [-0.3, -0.25) is 4.79 Å². The van der Waals surface area contributed by atoms with Gasteiger partial charge in [-0.1, -0.05) is 6.07 Å². The molecule has 22 heavy (non-hydrogen) atoms. The van der Waals surface area contributed by atoms with Gasteiger partial charge in [0, 0.05) is 16.5 Å². The molecule has 0 bridgehead atoms. The van der Waals surface area contributed by atoms with Crippen LogP contribution in [-0.4, -0.2) is 20.4 Å². The summed E-state index contributed by atoms with van der Waals surface area (Å²) in [6, 6.07) is 9.94. The van der Waals surface area contributed by atoms with Crippen LogP contribution in [0.1, 0.15) is 28.1 Å². The lowest BCUT2D eigenvalue weighted by atomic mass is 10.2. The SMILES string of the molecule is O=C(NCc1cccs1)c1ccc(S(=O)(=O)NC2CC2)cc1. The number of rotatable bonds is 6. The number of nitrogens with one attached hydrogen (secondary N) is 2. The Bertz CT molecular complexity index is 749. The molecular formula is C15H16N2O3S2. The number of sulfonamides is 1. The molecule has 7 heteroatoms. The van der Waals surface area contributed by atoms with E-state index in [9.17, 15) is 13.2 Å². The van der Waals surface area contributed by atoms with Gasteiger partial charge >= 0.3 is 0 Å². The van der Waals surface area contributed by atoms with E-state index in [1.165, 1.54) is 24.3 Å². The van der Waals surface area contributed by atoms with Crippen LogP contribution in [0.15, 0.2) is 46.7 Å². The Kier molecular flexibility index (Phi) is 4.28. The molecule has 1 aliphatic carbocycles. The molecule has 0 atom stereocenters. The molecule has 3 rings (SSSR count). The first kappa shape index (κ1) is 15.2. The fourth-order valence-corrected chi connectivity index (χ4v) is 3.91. The first-order valence-electron chi connectivity index (χ1n) is 6.97. The molecule has 2 N–H and O–H groups in total. The fraction of sp³-hybridized carbons (Fsp3) is 0.267. The normalized spacial score (nSPS) is 14.7. The molecule has 0 saturated heterocycles. The van der Waals surface area contributed by atoms with E-state index in [4.69, 9.17) is 0 Å². The summed E-state index contributed by atoms with van der Waals surface area (Å²) in [7, 11) is -3.47. The van der Waals surface area contributed by atoms with Crippen molar-refractivity contribution in [3.8, 4) is 0 Å². The lowest BCUT2D eigenvalue weighted by Gasteiger charge is -2.07. The summed E-state index contributed by atoms with van der Waals surface area (Å²) >= 11 is 1.58. The number of thiophene rings is 1. The van der Waals surface area contributed by atoms with Crippen molar-refractivity contribution in [1.29, 1.82) is 0 Å². The Labute approximate surface area is 133 Å². The minimum Gasteiger partial charge on any atom is -0.347 e. The van der Waals surface area contributed by atoms with Crippen LogP contribution in [0.25, 0.3) is 0 Å². The second kappa shape index (κ2) is 6.20.